The Balaban J connectivity index is 1.64. The van der Waals surface area contributed by atoms with Crippen LogP contribution in [0.3, 0.4) is 0 Å². The maximum Gasteiger partial charge on any atom is 0.340 e. The molecule has 0 N–H and O–H groups in total. The molecule has 0 aliphatic carbocycles. The molecule has 1 aromatic carbocycles. The van der Waals surface area contributed by atoms with Gasteiger partial charge in [-0.05, 0) is 43.3 Å². The monoisotopic (exact) mass is 313 g/mol. The molecule has 116 valence electrons. The van der Waals surface area contributed by atoms with E-state index in [4.69, 9.17) is 9.26 Å². The van der Waals surface area contributed by atoms with Gasteiger partial charge in [0.15, 0.2) is 6.61 Å². The summed E-state index contributed by atoms with van der Waals surface area (Å²) >= 11 is 0. The van der Waals surface area contributed by atoms with Crippen molar-refractivity contribution in [1.29, 1.82) is 0 Å². The van der Waals surface area contributed by atoms with Crippen molar-refractivity contribution in [3.63, 3.8) is 0 Å². The molecule has 7 heteroatoms. The molecule has 0 radical (unpaired) electrons. The summed E-state index contributed by atoms with van der Waals surface area (Å²) in [7, 11) is 0. The van der Waals surface area contributed by atoms with Gasteiger partial charge in [-0.3, -0.25) is 4.98 Å². The summed E-state index contributed by atoms with van der Waals surface area (Å²) in [5.41, 5.74) is 1.74. The Kier molecular flexibility index (Phi) is 4.09. The molecule has 0 spiro atoms. The van der Waals surface area contributed by atoms with Crippen molar-refractivity contribution in [2.75, 3.05) is 0 Å². The van der Waals surface area contributed by atoms with Gasteiger partial charge in [-0.25, -0.2) is 9.18 Å². The Bertz CT molecular complexity index is 813. The zero-order valence-electron chi connectivity index (χ0n) is 12.2. The third-order valence-electron chi connectivity index (χ3n) is 3.04. The normalized spacial score (nSPS) is 10.5. The molecule has 0 fully saturated rings. The third-order valence-corrected chi connectivity index (χ3v) is 3.04. The SMILES string of the molecule is Cc1ccc(C(=O)OCc2noc(-c3ccc(F)cc3)n2)cn1. The Morgan fingerprint density at radius 3 is 2.70 bits per heavy atom. The first kappa shape index (κ1) is 14.8. The average molecular weight is 313 g/mol. The maximum atomic E-state index is 12.9. The number of carbonyl (C=O) groups excluding carboxylic acids is 1. The fourth-order valence-electron chi connectivity index (χ4n) is 1.82. The number of hydrogen-bond acceptors (Lipinski definition) is 6. The first-order valence-corrected chi connectivity index (χ1v) is 6.80. The smallest absolute Gasteiger partial charge is 0.340 e. The maximum absolute atomic E-state index is 12.9. The lowest BCUT2D eigenvalue weighted by atomic mass is 10.2. The fraction of sp³-hybridized carbons (Fsp3) is 0.125. The Morgan fingerprint density at radius 1 is 1.22 bits per heavy atom. The molecule has 23 heavy (non-hydrogen) atoms. The van der Waals surface area contributed by atoms with E-state index in [0.717, 1.165) is 5.69 Å². The first-order valence-electron chi connectivity index (χ1n) is 6.80. The van der Waals surface area contributed by atoms with Crippen LogP contribution in [0.5, 0.6) is 0 Å². The van der Waals surface area contributed by atoms with Crippen LogP contribution in [0, 0.1) is 12.7 Å². The highest BCUT2D eigenvalue weighted by Gasteiger charge is 2.12. The van der Waals surface area contributed by atoms with Crippen LogP contribution in [0.2, 0.25) is 0 Å². The van der Waals surface area contributed by atoms with Crippen LogP contribution >= 0.6 is 0 Å². The molecule has 0 aliphatic rings. The molecule has 0 atom stereocenters. The summed E-state index contributed by atoms with van der Waals surface area (Å²) in [6.07, 6.45) is 1.44. The van der Waals surface area contributed by atoms with Crippen LogP contribution in [0.1, 0.15) is 21.9 Å². The van der Waals surface area contributed by atoms with Gasteiger partial charge in [0.05, 0.1) is 5.56 Å². The third kappa shape index (κ3) is 3.57. The summed E-state index contributed by atoms with van der Waals surface area (Å²) in [4.78, 5) is 20.0. The van der Waals surface area contributed by atoms with Gasteiger partial charge >= 0.3 is 5.97 Å². The van der Waals surface area contributed by atoms with Crippen LogP contribution in [0.4, 0.5) is 4.39 Å². The Morgan fingerprint density at radius 2 is 2.00 bits per heavy atom. The number of esters is 1. The van der Waals surface area contributed by atoms with Crippen molar-refractivity contribution in [2.45, 2.75) is 13.5 Å². The quantitative estimate of drug-likeness (QED) is 0.689. The Labute approximate surface area is 130 Å². The number of aromatic nitrogens is 3. The van der Waals surface area contributed by atoms with Gasteiger partial charge in [0.1, 0.15) is 5.82 Å². The van der Waals surface area contributed by atoms with E-state index in [0.29, 0.717) is 11.1 Å². The van der Waals surface area contributed by atoms with Gasteiger partial charge in [0.25, 0.3) is 5.89 Å². The van der Waals surface area contributed by atoms with Gasteiger partial charge in [0.2, 0.25) is 5.82 Å². The fourth-order valence-corrected chi connectivity index (χ4v) is 1.82. The van der Waals surface area contributed by atoms with Crippen molar-refractivity contribution in [1.82, 2.24) is 15.1 Å². The van der Waals surface area contributed by atoms with Crippen LogP contribution in [0.15, 0.2) is 47.1 Å². The first-order chi connectivity index (χ1) is 11.1. The lowest BCUT2D eigenvalue weighted by molar-refractivity contribution is 0.0459. The summed E-state index contributed by atoms with van der Waals surface area (Å²) in [6, 6.07) is 8.99. The summed E-state index contributed by atoms with van der Waals surface area (Å²) in [6.45, 7) is 1.70. The van der Waals surface area contributed by atoms with Gasteiger partial charge in [-0.2, -0.15) is 4.98 Å². The second-order valence-corrected chi connectivity index (χ2v) is 4.79. The number of carbonyl (C=O) groups is 1. The summed E-state index contributed by atoms with van der Waals surface area (Å²) in [5, 5.41) is 3.72. The predicted molar refractivity (Wildman–Crippen MR) is 77.8 cm³/mol. The number of hydrogen-bond donors (Lipinski definition) is 0. The number of rotatable bonds is 4. The molecule has 3 aromatic rings. The zero-order valence-corrected chi connectivity index (χ0v) is 12.2. The highest BCUT2D eigenvalue weighted by molar-refractivity contribution is 5.88. The minimum Gasteiger partial charge on any atom is -0.454 e. The van der Waals surface area contributed by atoms with Crippen molar-refractivity contribution in [3.05, 3.63) is 65.5 Å². The van der Waals surface area contributed by atoms with E-state index in [-0.39, 0.29) is 24.1 Å². The predicted octanol–water partition coefficient (Wildman–Crippen LogP) is 2.94. The highest BCUT2D eigenvalue weighted by atomic mass is 19.1. The number of benzene rings is 1. The summed E-state index contributed by atoms with van der Waals surface area (Å²) < 4.78 is 23.0. The minimum absolute atomic E-state index is 0.128. The van der Waals surface area contributed by atoms with Crippen molar-refractivity contribution in [3.8, 4) is 11.5 Å². The van der Waals surface area contributed by atoms with E-state index in [1.165, 1.54) is 30.5 Å². The topological polar surface area (TPSA) is 78.1 Å². The molecule has 0 aliphatic heterocycles. The second kappa shape index (κ2) is 6.35. The van der Waals surface area contributed by atoms with E-state index in [1.54, 1.807) is 12.1 Å². The number of halogens is 1. The van der Waals surface area contributed by atoms with E-state index in [1.807, 2.05) is 6.92 Å². The second-order valence-electron chi connectivity index (χ2n) is 4.79. The van der Waals surface area contributed by atoms with E-state index in [2.05, 4.69) is 15.1 Å². The van der Waals surface area contributed by atoms with Crippen molar-refractivity contribution in [2.24, 2.45) is 0 Å². The zero-order chi connectivity index (χ0) is 16.2. The molecule has 0 saturated heterocycles. The van der Waals surface area contributed by atoms with E-state index < -0.39 is 5.97 Å². The molecule has 3 rings (SSSR count). The largest absolute Gasteiger partial charge is 0.454 e. The van der Waals surface area contributed by atoms with Gasteiger partial charge in [-0.1, -0.05) is 5.16 Å². The van der Waals surface area contributed by atoms with E-state index >= 15 is 0 Å². The molecule has 0 bridgehead atoms. The molecule has 6 nitrogen and oxygen atoms in total. The summed E-state index contributed by atoms with van der Waals surface area (Å²) in [5.74, 6) is -0.425. The molecule has 0 saturated carbocycles. The lowest BCUT2D eigenvalue weighted by Gasteiger charge is -2.01. The van der Waals surface area contributed by atoms with Crippen molar-refractivity contribution >= 4 is 5.97 Å². The molecular weight excluding hydrogens is 301 g/mol. The minimum atomic E-state index is -0.523. The standard InChI is InChI=1S/C16H12FN3O3/c1-10-2-3-12(8-18-10)16(21)22-9-14-19-15(23-20-14)11-4-6-13(17)7-5-11/h2-8H,9H2,1H3. The van der Waals surface area contributed by atoms with Gasteiger partial charge < -0.3 is 9.26 Å². The molecule has 0 amide bonds. The van der Waals surface area contributed by atoms with Gasteiger partial charge in [-0.15, -0.1) is 0 Å². The number of aryl methyl sites for hydroxylation is 1. The molecule has 0 unspecified atom stereocenters. The number of nitrogens with zero attached hydrogens (tertiary/aromatic N) is 3. The van der Waals surface area contributed by atoms with Crippen LogP contribution in [-0.4, -0.2) is 21.1 Å². The van der Waals surface area contributed by atoms with Crippen LogP contribution < -0.4 is 0 Å². The molecule has 2 heterocycles. The lowest BCUT2D eigenvalue weighted by Crippen LogP contribution is -2.06. The van der Waals surface area contributed by atoms with Crippen molar-refractivity contribution < 1.29 is 18.4 Å². The van der Waals surface area contributed by atoms with E-state index in [9.17, 15) is 9.18 Å². The average Bonchev–Trinajstić information content (AvgIpc) is 3.03. The van der Waals surface area contributed by atoms with Crippen LogP contribution in [0.25, 0.3) is 11.5 Å². The highest BCUT2D eigenvalue weighted by Crippen LogP contribution is 2.17. The number of pyridine rings is 1. The molecular formula is C16H12FN3O3. The Hall–Kier alpha value is -3.09. The number of ether oxygens (including phenoxy) is 1. The molecule has 2 aromatic heterocycles. The van der Waals surface area contributed by atoms with Gasteiger partial charge in [0, 0.05) is 17.5 Å². The van der Waals surface area contributed by atoms with Crippen LogP contribution in [-0.2, 0) is 11.3 Å².